The van der Waals surface area contributed by atoms with Gasteiger partial charge < -0.3 is 4.90 Å². The fraction of sp³-hybridized carbons (Fsp3) is 0.167. The van der Waals surface area contributed by atoms with Crippen LogP contribution in [0.5, 0.6) is 0 Å². The van der Waals surface area contributed by atoms with E-state index >= 15 is 0 Å². The number of hydrogen-bond donors (Lipinski definition) is 0. The predicted octanol–water partition coefficient (Wildman–Crippen LogP) is 3.63. The van der Waals surface area contributed by atoms with E-state index in [1.165, 1.54) is 0 Å². The van der Waals surface area contributed by atoms with Crippen LogP contribution < -0.4 is 4.90 Å². The van der Waals surface area contributed by atoms with Gasteiger partial charge in [-0.1, -0.05) is 41.9 Å². The van der Waals surface area contributed by atoms with Crippen LogP contribution in [-0.2, 0) is 0 Å². The standard InChI is InChI=1S/C12H11BrClN3/c1-17(2)12-15-10(9(13)11(14)16-12)8-6-4-3-5-7-8/h3-7H,1-2H3. The Kier molecular flexibility index (Phi) is 3.64. The molecule has 2 rings (SSSR count). The molecule has 0 saturated carbocycles. The third-order valence-corrected chi connectivity index (χ3v) is 3.50. The maximum absolute atomic E-state index is 6.09. The Balaban J connectivity index is 2.61. The normalized spacial score (nSPS) is 10.4. The first-order valence-corrected chi connectivity index (χ1v) is 6.22. The van der Waals surface area contributed by atoms with Crippen molar-refractivity contribution >= 4 is 33.5 Å². The number of nitrogens with zero attached hydrogens (tertiary/aromatic N) is 3. The van der Waals surface area contributed by atoms with Crippen molar-refractivity contribution in [2.24, 2.45) is 0 Å². The average molecular weight is 313 g/mol. The molecular weight excluding hydrogens is 302 g/mol. The molecule has 0 aliphatic carbocycles. The van der Waals surface area contributed by atoms with E-state index < -0.39 is 0 Å². The smallest absolute Gasteiger partial charge is 0.226 e. The Labute approximate surface area is 114 Å². The first-order chi connectivity index (χ1) is 8.09. The third-order valence-electron chi connectivity index (χ3n) is 2.25. The molecule has 88 valence electrons. The quantitative estimate of drug-likeness (QED) is 0.793. The van der Waals surface area contributed by atoms with Crippen LogP contribution in [-0.4, -0.2) is 24.1 Å². The average Bonchev–Trinajstić information content (AvgIpc) is 2.33. The Morgan fingerprint density at radius 3 is 2.35 bits per heavy atom. The third kappa shape index (κ3) is 2.58. The van der Waals surface area contributed by atoms with Crippen molar-refractivity contribution in [2.45, 2.75) is 0 Å². The molecule has 0 atom stereocenters. The van der Waals surface area contributed by atoms with Gasteiger partial charge in [0.1, 0.15) is 5.15 Å². The lowest BCUT2D eigenvalue weighted by molar-refractivity contribution is 0.997. The summed E-state index contributed by atoms with van der Waals surface area (Å²) in [5, 5.41) is 0.419. The first-order valence-electron chi connectivity index (χ1n) is 5.05. The zero-order valence-corrected chi connectivity index (χ0v) is 11.8. The van der Waals surface area contributed by atoms with Gasteiger partial charge in [-0.3, -0.25) is 0 Å². The molecule has 5 heteroatoms. The van der Waals surface area contributed by atoms with Crippen LogP contribution >= 0.6 is 27.5 Å². The summed E-state index contributed by atoms with van der Waals surface area (Å²) in [7, 11) is 3.77. The van der Waals surface area contributed by atoms with E-state index in [-0.39, 0.29) is 0 Å². The van der Waals surface area contributed by atoms with E-state index in [0.29, 0.717) is 11.1 Å². The van der Waals surface area contributed by atoms with Crippen molar-refractivity contribution in [3.8, 4) is 11.3 Å². The Bertz CT molecular complexity index is 529. The highest BCUT2D eigenvalue weighted by Crippen LogP contribution is 2.32. The van der Waals surface area contributed by atoms with Gasteiger partial charge in [0.25, 0.3) is 0 Å². The molecule has 0 spiro atoms. The minimum Gasteiger partial charge on any atom is -0.347 e. The topological polar surface area (TPSA) is 29.0 Å². The van der Waals surface area contributed by atoms with E-state index in [1.807, 2.05) is 49.3 Å². The predicted molar refractivity (Wildman–Crippen MR) is 74.5 cm³/mol. The molecule has 0 amide bonds. The molecule has 0 unspecified atom stereocenters. The van der Waals surface area contributed by atoms with Gasteiger partial charge in [0.15, 0.2) is 0 Å². The second kappa shape index (κ2) is 5.02. The van der Waals surface area contributed by atoms with Gasteiger partial charge in [0.2, 0.25) is 5.95 Å². The number of hydrogen-bond acceptors (Lipinski definition) is 3. The largest absolute Gasteiger partial charge is 0.347 e. The maximum atomic E-state index is 6.09. The van der Waals surface area contributed by atoms with E-state index in [2.05, 4.69) is 25.9 Å². The molecule has 0 radical (unpaired) electrons. The molecule has 2 aromatic rings. The van der Waals surface area contributed by atoms with Gasteiger partial charge in [-0.05, 0) is 15.9 Å². The molecule has 3 nitrogen and oxygen atoms in total. The highest BCUT2D eigenvalue weighted by molar-refractivity contribution is 9.10. The van der Waals surface area contributed by atoms with Crippen LogP contribution in [0.15, 0.2) is 34.8 Å². The lowest BCUT2D eigenvalue weighted by atomic mass is 10.1. The highest BCUT2D eigenvalue weighted by Gasteiger charge is 2.13. The summed E-state index contributed by atoms with van der Waals surface area (Å²) >= 11 is 9.51. The summed E-state index contributed by atoms with van der Waals surface area (Å²) < 4.78 is 0.718. The van der Waals surface area contributed by atoms with Gasteiger partial charge in [0, 0.05) is 19.7 Å². The second-order valence-corrected chi connectivity index (χ2v) is 4.89. The molecule has 0 aliphatic heterocycles. The second-order valence-electron chi connectivity index (χ2n) is 3.74. The first kappa shape index (κ1) is 12.3. The SMILES string of the molecule is CN(C)c1nc(Cl)c(Br)c(-c2ccccc2)n1. The number of benzene rings is 1. The molecule has 17 heavy (non-hydrogen) atoms. The lowest BCUT2D eigenvalue weighted by Gasteiger charge is -2.13. The lowest BCUT2D eigenvalue weighted by Crippen LogP contribution is -2.13. The summed E-state index contributed by atoms with van der Waals surface area (Å²) in [6.07, 6.45) is 0. The van der Waals surface area contributed by atoms with Crippen LogP contribution in [0, 0.1) is 0 Å². The molecule has 0 saturated heterocycles. The van der Waals surface area contributed by atoms with Crippen molar-refractivity contribution in [1.29, 1.82) is 0 Å². The molecule has 1 heterocycles. The zero-order chi connectivity index (χ0) is 12.4. The minimum absolute atomic E-state index is 0.419. The van der Waals surface area contributed by atoms with Crippen molar-refractivity contribution in [1.82, 2.24) is 9.97 Å². The fourth-order valence-electron chi connectivity index (χ4n) is 1.40. The van der Waals surface area contributed by atoms with Crippen molar-refractivity contribution < 1.29 is 0 Å². The molecule has 0 N–H and O–H groups in total. The Hall–Kier alpha value is -1.13. The molecule has 0 aliphatic rings. The summed E-state index contributed by atoms with van der Waals surface area (Å²) in [5.41, 5.74) is 1.81. The number of rotatable bonds is 2. The summed E-state index contributed by atoms with van der Waals surface area (Å²) in [6, 6.07) is 9.87. The van der Waals surface area contributed by atoms with Gasteiger partial charge in [-0.25, -0.2) is 4.98 Å². The van der Waals surface area contributed by atoms with Gasteiger partial charge in [-0.2, -0.15) is 4.98 Å². The van der Waals surface area contributed by atoms with Crippen LogP contribution in [0.3, 0.4) is 0 Å². The number of aromatic nitrogens is 2. The molecule has 1 aromatic heterocycles. The number of anilines is 1. The van der Waals surface area contributed by atoms with Crippen molar-refractivity contribution in [2.75, 3.05) is 19.0 Å². The number of halogens is 2. The van der Waals surface area contributed by atoms with Crippen LogP contribution in [0.1, 0.15) is 0 Å². The fourth-order valence-corrected chi connectivity index (χ4v) is 1.97. The summed E-state index contributed by atoms with van der Waals surface area (Å²) in [5.74, 6) is 0.594. The van der Waals surface area contributed by atoms with E-state index in [9.17, 15) is 0 Å². The Morgan fingerprint density at radius 2 is 1.76 bits per heavy atom. The Morgan fingerprint density at radius 1 is 1.12 bits per heavy atom. The highest BCUT2D eigenvalue weighted by atomic mass is 79.9. The monoisotopic (exact) mass is 311 g/mol. The van der Waals surface area contributed by atoms with Gasteiger partial charge in [0.05, 0.1) is 10.2 Å². The summed E-state index contributed by atoms with van der Waals surface area (Å²) in [4.78, 5) is 10.5. The van der Waals surface area contributed by atoms with Crippen LogP contribution in [0.4, 0.5) is 5.95 Å². The van der Waals surface area contributed by atoms with E-state index in [4.69, 9.17) is 11.6 Å². The van der Waals surface area contributed by atoms with Crippen molar-refractivity contribution in [3.63, 3.8) is 0 Å². The maximum Gasteiger partial charge on any atom is 0.226 e. The van der Waals surface area contributed by atoms with E-state index in [0.717, 1.165) is 15.7 Å². The zero-order valence-electron chi connectivity index (χ0n) is 9.48. The molecule has 0 fully saturated rings. The molecule has 1 aromatic carbocycles. The summed E-state index contributed by atoms with van der Waals surface area (Å²) in [6.45, 7) is 0. The van der Waals surface area contributed by atoms with Gasteiger partial charge >= 0.3 is 0 Å². The molecule has 0 bridgehead atoms. The van der Waals surface area contributed by atoms with Crippen LogP contribution in [0.2, 0.25) is 5.15 Å². The molecular formula is C12H11BrClN3. The van der Waals surface area contributed by atoms with Crippen LogP contribution in [0.25, 0.3) is 11.3 Å². The van der Waals surface area contributed by atoms with Crippen molar-refractivity contribution in [3.05, 3.63) is 40.0 Å². The van der Waals surface area contributed by atoms with E-state index in [1.54, 1.807) is 0 Å². The minimum atomic E-state index is 0.419. The van der Waals surface area contributed by atoms with Gasteiger partial charge in [-0.15, -0.1) is 0 Å².